The Balaban J connectivity index is 1.96. The molecule has 4 nitrogen and oxygen atoms in total. The normalized spacial score (nSPS) is 11.3. The SMILES string of the molecule is CCCNc1cnc(CN(Cc2cccs2)C(C)C)cn1. The van der Waals surface area contributed by atoms with Crippen molar-refractivity contribution in [2.75, 3.05) is 11.9 Å². The summed E-state index contributed by atoms with van der Waals surface area (Å²) in [5.74, 6) is 0.856. The molecule has 0 saturated heterocycles. The van der Waals surface area contributed by atoms with E-state index < -0.39 is 0 Å². The van der Waals surface area contributed by atoms with Crippen molar-refractivity contribution in [1.29, 1.82) is 0 Å². The van der Waals surface area contributed by atoms with E-state index in [1.165, 1.54) is 4.88 Å². The highest BCUT2D eigenvalue weighted by atomic mass is 32.1. The second kappa shape index (κ2) is 8.10. The van der Waals surface area contributed by atoms with E-state index in [2.05, 4.69) is 58.5 Å². The predicted octanol–water partition coefficient (Wildman–Crippen LogP) is 3.77. The minimum absolute atomic E-state index is 0.479. The molecule has 0 aliphatic heterocycles. The first-order valence-corrected chi connectivity index (χ1v) is 8.38. The molecule has 2 aromatic rings. The van der Waals surface area contributed by atoms with Gasteiger partial charge in [-0.1, -0.05) is 13.0 Å². The Morgan fingerprint density at radius 1 is 1.24 bits per heavy atom. The number of nitrogens with zero attached hydrogens (tertiary/aromatic N) is 3. The summed E-state index contributed by atoms with van der Waals surface area (Å²) in [6.45, 7) is 9.31. The van der Waals surface area contributed by atoms with Crippen LogP contribution in [0.2, 0.25) is 0 Å². The summed E-state index contributed by atoms with van der Waals surface area (Å²) in [7, 11) is 0. The lowest BCUT2D eigenvalue weighted by Gasteiger charge is -2.25. The van der Waals surface area contributed by atoms with Gasteiger partial charge in [0.25, 0.3) is 0 Å². The number of hydrogen-bond acceptors (Lipinski definition) is 5. The first kappa shape index (κ1) is 15.9. The van der Waals surface area contributed by atoms with Crippen LogP contribution < -0.4 is 5.32 Å². The molecule has 5 heteroatoms. The van der Waals surface area contributed by atoms with E-state index in [-0.39, 0.29) is 0 Å². The van der Waals surface area contributed by atoms with E-state index in [0.29, 0.717) is 6.04 Å². The molecule has 114 valence electrons. The third-order valence-electron chi connectivity index (χ3n) is 3.30. The summed E-state index contributed by atoms with van der Waals surface area (Å²) >= 11 is 1.80. The Kier molecular flexibility index (Phi) is 6.14. The van der Waals surface area contributed by atoms with E-state index >= 15 is 0 Å². The van der Waals surface area contributed by atoms with E-state index in [9.17, 15) is 0 Å². The van der Waals surface area contributed by atoms with Crippen molar-refractivity contribution in [2.24, 2.45) is 0 Å². The third-order valence-corrected chi connectivity index (χ3v) is 4.16. The van der Waals surface area contributed by atoms with Crippen molar-refractivity contribution < 1.29 is 0 Å². The molecule has 0 aromatic carbocycles. The second-order valence-corrected chi connectivity index (χ2v) is 6.43. The molecule has 0 radical (unpaired) electrons. The fourth-order valence-electron chi connectivity index (χ4n) is 2.01. The molecule has 21 heavy (non-hydrogen) atoms. The molecule has 2 heterocycles. The van der Waals surface area contributed by atoms with Crippen LogP contribution in [0, 0.1) is 0 Å². The summed E-state index contributed by atoms with van der Waals surface area (Å²) in [4.78, 5) is 12.7. The van der Waals surface area contributed by atoms with Crippen molar-refractivity contribution >= 4 is 17.2 Å². The van der Waals surface area contributed by atoms with Gasteiger partial charge >= 0.3 is 0 Å². The fraction of sp³-hybridized carbons (Fsp3) is 0.500. The lowest BCUT2D eigenvalue weighted by Crippen LogP contribution is -2.29. The maximum atomic E-state index is 4.52. The van der Waals surface area contributed by atoms with Crippen molar-refractivity contribution in [3.8, 4) is 0 Å². The Bertz CT molecular complexity index is 508. The highest BCUT2D eigenvalue weighted by molar-refractivity contribution is 7.09. The summed E-state index contributed by atoms with van der Waals surface area (Å²) in [5, 5.41) is 5.38. The molecule has 2 aromatic heterocycles. The van der Waals surface area contributed by atoms with Gasteiger partial charge in [0.15, 0.2) is 0 Å². The van der Waals surface area contributed by atoms with Crippen LogP contribution in [-0.2, 0) is 13.1 Å². The van der Waals surface area contributed by atoms with Crippen LogP contribution in [0.3, 0.4) is 0 Å². The molecule has 0 aliphatic carbocycles. The number of thiophene rings is 1. The quantitative estimate of drug-likeness (QED) is 0.806. The zero-order chi connectivity index (χ0) is 15.1. The van der Waals surface area contributed by atoms with Crippen LogP contribution in [-0.4, -0.2) is 27.5 Å². The van der Waals surface area contributed by atoms with Gasteiger partial charge in [-0.25, -0.2) is 4.98 Å². The van der Waals surface area contributed by atoms with Gasteiger partial charge in [0, 0.05) is 30.6 Å². The molecular formula is C16H24N4S. The lowest BCUT2D eigenvalue weighted by molar-refractivity contribution is 0.203. The number of nitrogens with one attached hydrogen (secondary N) is 1. The largest absolute Gasteiger partial charge is 0.369 e. The van der Waals surface area contributed by atoms with E-state index in [0.717, 1.165) is 37.6 Å². The van der Waals surface area contributed by atoms with Crippen molar-refractivity contribution in [1.82, 2.24) is 14.9 Å². The second-order valence-electron chi connectivity index (χ2n) is 5.40. The first-order chi connectivity index (χ1) is 10.2. The van der Waals surface area contributed by atoms with Crippen LogP contribution in [0.1, 0.15) is 37.8 Å². The molecule has 0 unspecified atom stereocenters. The highest BCUT2D eigenvalue weighted by Crippen LogP contribution is 2.16. The molecule has 0 bridgehead atoms. The number of rotatable bonds is 8. The van der Waals surface area contributed by atoms with E-state index in [4.69, 9.17) is 0 Å². The molecule has 0 spiro atoms. The summed E-state index contributed by atoms with van der Waals surface area (Å²) in [6, 6.07) is 4.77. The smallest absolute Gasteiger partial charge is 0.144 e. The number of anilines is 1. The van der Waals surface area contributed by atoms with Gasteiger partial charge < -0.3 is 5.32 Å². The summed E-state index contributed by atoms with van der Waals surface area (Å²) < 4.78 is 0. The molecule has 0 fully saturated rings. The first-order valence-electron chi connectivity index (χ1n) is 7.50. The van der Waals surface area contributed by atoms with Gasteiger partial charge in [-0.05, 0) is 31.7 Å². The van der Waals surface area contributed by atoms with E-state index in [1.54, 1.807) is 11.3 Å². The Labute approximate surface area is 131 Å². The Morgan fingerprint density at radius 3 is 2.67 bits per heavy atom. The molecule has 0 saturated carbocycles. The van der Waals surface area contributed by atoms with Crippen molar-refractivity contribution in [3.63, 3.8) is 0 Å². The molecular weight excluding hydrogens is 280 g/mol. The van der Waals surface area contributed by atoms with Gasteiger partial charge in [0.2, 0.25) is 0 Å². The van der Waals surface area contributed by atoms with Crippen LogP contribution in [0.4, 0.5) is 5.82 Å². The third kappa shape index (κ3) is 5.10. The Hall–Kier alpha value is -1.46. The Morgan fingerprint density at radius 2 is 2.10 bits per heavy atom. The predicted molar refractivity (Wildman–Crippen MR) is 89.5 cm³/mol. The maximum absolute atomic E-state index is 4.52. The minimum Gasteiger partial charge on any atom is -0.369 e. The van der Waals surface area contributed by atoms with Gasteiger partial charge in [-0.2, -0.15) is 0 Å². The van der Waals surface area contributed by atoms with Gasteiger partial charge in [-0.15, -0.1) is 11.3 Å². The number of hydrogen-bond donors (Lipinski definition) is 1. The standard InChI is InChI=1S/C16H24N4S/c1-4-7-17-16-10-18-14(9-19-16)11-20(13(2)3)12-15-6-5-8-21-15/h5-6,8-10,13H,4,7,11-12H2,1-3H3,(H,17,19). The highest BCUT2D eigenvalue weighted by Gasteiger charge is 2.12. The van der Waals surface area contributed by atoms with Crippen LogP contribution >= 0.6 is 11.3 Å². The summed E-state index contributed by atoms with van der Waals surface area (Å²) in [6.07, 6.45) is 4.79. The monoisotopic (exact) mass is 304 g/mol. The maximum Gasteiger partial charge on any atom is 0.144 e. The van der Waals surface area contributed by atoms with Gasteiger partial charge in [-0.3, -0.25) is 9.88 Å². The number of aromatic nitrogens is 2. The zero-order valence-electron chi connectivity index (χ0n) is 13.0. The van der Waals surface area contributed by atoms with Crippen molar-refractivity contribution in [2.45, 2.75) is 46.3 Å². The van der Waals surface area contributed by atoms with Gasteiger partial charge in [0.05, 0.1) is 18.1 Å². The van der Waals surface area contributed by atoms with E-state index in [1.807, 2.05) is 12.4 Å². The van der Waals surface area contributed by atoms with Crippen molar-refractivity contribution in [3.05, 3.63) is 40.5 Å². The van der Waals surface area contributed by atoms with Crippen LogP contribution in [0.25, 0.3) is 0 Å². The lowest BCUT2D eigenvalue weighted by atomic mass is 10.2. The molecule has 0 atom stereocenters. The topological polar surface area (TPSA) is 41.1 Å². The molecule has 0 amide bonds. The minimum atomic E-state index is 0.479. The average Bonchev–Trinajstić information content (AvgIpc) is 2.99. The summed E-state index contributed by atoms with van der Waals surface area (Å²) in [5.41, 5.74) is 1.02. The van der Waals surface area contributed by atoms with Crippen LogP contribution in [0.5, 0.6) is 0 Å². The van der Waals surface area contributed by atoms with Gasteiger partial charge in [0.1, 0.15) is 5.82 Å². The average molecular weight is 304 g/mol. The molecule has 0 aliphatic rings. The fourth-order valence-corrected chi connectivity index (χ4v) is 2.74. The van der Waals surface area contributed by atoms with Crippen LogP contribution in [0.15, 0.2) is 29.9 Å². The zero-order valence-corrected chi connectivity index (χ0v) is 13.9. The molecule has 1 N–H and O–H groups in total. The molecule has 2 rings (SSSR count).